The molecule has 21 heavy (non-hydrogen) atoms. The molecule has 2 N–H and O–H groups in total. The first-order chi connectivity index (χ1) is 9.98. The van der Waals surface area contributed by atoms with Gasteiger partial charge in [-0.05, 0) is 57.5 Å². The van der Waals surface area contributed by atoms with E-state index in [9.17, 15) is 9.90 Å². The van der Waals surface area contributed by atoms with Gasteiger partial charge in [-0.3, -0.25) is 4.79 Å². The van der Waals surface area contributed by atoms with Gasteiger partial charge in [-0.15, -0.1) is 11.8 Å². The van der Waals surface area contributed by atoms with Gasteiger partial charge in [-0.2, -0.15) is 0 Å². The van der Waals surface area contributed by atoms with E-state index in [1.54, 1.807) is 6.92 Å². The van der Waals surface area contributed by atoms with Gasteiger partial charge in [0.1, 0.15) is 5.54 Å². The molecule has 0 fully saturated rings. The van der Waals surface area contributed by atoms with Crippen molar-refractivity contribution in [2.45, 2.75) is 56.9 Å². The highest BCUT2D eigenvalue weighted by Gasteiger charge is 2.31. The molecular formula is C17H27NO2S. The molecule has 0 heterocycles. The number of carboxylic acid groups (broad SMARTS) is 1. The molecule has 0 saturated carbocycles. The van der Waals surface area contributed by atoms with Crippen LogP contribution in [0.1, 0.15) is 45.1 Å². The lowest BCUT2D eigenvalue weighted by atomic mass is 9.95. The average molecular weight is 309 g/mol. The minimum absolute atomic E-state index is 0.677. The molecule has 0 aliphatic rings. The second kappa shape index (κ2) is 9.11. The van der Waals surface area contributed by atoms with Crippen LogP contribution in [0.15, 0.2) is 29.2 Å². The van der Waals surface area contributed by atoms with Gasteiger partial charge in [0, 0.05) is 4.90 Å². The number of aliphatic carboxylic acids is 1. The van der Waals surface area contributed by atoms with Crippen molar-refractivity contribution in [1.82, 2.24) is 5.32 Å². The van der Waals surface area contributed by atoms with E-state index >= 15 is 0 Å². The minimum atomic E-state index is -0.788. The van der Waals surface area contributed by atoms with Crippen LogP contribution in [0.2, 0.25) is 0 Å². The zero-order valence-corrected chi connectivity index (χ0v) is 14.1. The molecule has 1 atom stereocenters. The third-order valence-electron chi connectivity index (χ3n) is 3.57. The van der Waals surface area contributed by atoms with E-state index in [-0.39, 0.29) is 0 Å². The number of benzene rings is 1. The summed E-state index contributed by atoms with van der Waals surface area (Å²) in [7, 11) is 0. The fourth-order valence-electron chi connectivity index (χ4n) is 2.15. The molecule has 1 aromatic carbocycles. The van der Waals surface area contributed by atoms with Gasteiger partial charge in [0.25, 0.3) is 0 Å². The summed E-state index contributed by atoms with van der Waals surface area (Å²) in [6.07, 6.45) is 3.59. The third-order valence-corrected chi connectivity index (χ3v) is 4.65. The van der Waals surface area contributed by atoms with Crippen LogP contribution >= 0.6 is 11.8 Å². The highest BCUT2D eigenvalue weighted by molar-refractivity contribution is 7.99. The van der Waals surface area contributed by atoms with Crippen LogP contribution < -0.4 is 5.32 Å². The van der Waals surface area contributed by atoms with Gasteiger partial charge in [-0.1, -0.05) is 31.0 Å². The van der Waals surface area contributed by atoms with Crippen molar-refractivity contribution >= 4 is 17.7 Å². The lowest BCUT2D eigenvalue weighted by Crippen LogP contribution is -2.49. The molecule has 1 rings (SSSR count). The van der Waals surface area contributed by atoms with Crippen molar-refractivity contribution in [2.75, 3.05) is 12.3 Å². The molecule has 3 nitrogen and oxygen atoms in total. The Morgan fingerprint density at radius 2 is 2.14 bits per heavy atom. The molecule has 0 aromatic heterocycles. The van der Waals surface area contributed by atoms with Crippen molar-refractivity contribution in [1.29, 1.82) is 0 Å². The Balaban J connectivity index is 2.30. The molecule has 0 spiro atoms. The van der Waals surface area contributed by atoms with E-state index in [1.165, 1.54) is 10.5 Å². The number of hydrogen-bond donors (Lipinski definition) is 2. The Bertz CT molecular complexity index is 450. The Hall–Kier alpha value is -1.00. The molecule has 0 bridgehead atoms. The molecule has 0 saturated heterocycles. The summed E-state index contributed by atoms with van der Waals surface area (Å²) < 4.78 is 0. The quantitative estimate of drug-likeness (QED) is 0.504. The van der Waals surface area contributed by atoms with Crippen LogP contribution in [0.5, 0.6) is 0 Å². The first kappa shape index (κ1) is 18.1. The SMILES string of the molecule is CCCNC(C)(CCCCSc1cccc(C)c1)C(=O)O. The van der Waals surface area contributed by atoms with Gasteiger partial charge in [-0.25, -0.2) is 0 Å². The Labute approximate surface area is 132 Å². The maximum Gasteiger partial charge on any atom is 0.323 e. The lowest BCUT2D eigenvalue weighted by molar-refractivity contribution is -0.144. The highest BCUT2D eigenvalue weighted by atomic mass is 32.2. The molecule has 0 aliphatic heterocycles. The summed E-state index contributed by atoms with van der Waals surface area (Å²) in [5.74, 6) is 0.287. The van der Waals surface area contributed by atoms with Gasteiger partial charge in [0.2, 0.25) is 0 Å². The second-order valence-electron chi connectivity index (χ2n) is 5.69. The monoisotopic (exact) mass is 309 g/mol. The Morgan fingerprint density at radius 3 is 2.76 bits per heavy atom. The average Bonchev–Trinajstić information content (AvgIpc) is 2.44. The van der Waals surface area contributed by atoms with Crippen molar-refractivity contribution in [3.8, 4) is 0 Å². The minimum Gasteiger partial charge on any atom is -0.480 e. The highest BCUT2D eigenvalue weighted by Crippen LogP contribution is 2.22. The number of thioether (sulfide) groups is 1. The predicted molar refractivity (Wildman–Crippen MR) is 90.1 cm³/mol. The lowest BCUT2D eigenvalue weighted by Gasteiger charge is -2.26. The van der Waals surface area contributed by atoms with Crippen LogP contribution in [0, 0.1) is 6.92 Å². The number of unbranched alkanes of at least 4 members (excludes halogenated alkanes) is 1. The standard InChI is InChI=1S/C17H27NO2S/c1-4-11-18-17(3,16(19)20)10-5-6-12-21-15-9-7-8-14(2)13-15/h7-9,13,18H,4-6,10-12H2,1-3H3,(H,19,20). The van der Waals surface area contributed by atoms with E-state index in [1.807, 2.05) is 18.7 Å². The van der Waals surface area contributed by atoms with Crippen LogP contribution in [-0.2, 0) is 4.79 Å². The number of carbonyl (C=O) groups is 1. The molecule has 4 heteroatoms. The van der Waals surface area contributed by atoms with E-state index in [4.69, 9.17) is 0 Å². The van der Waals surface area contributed by atoms with E-state index < -0.39 is 11.5 Å². The maximum absolute atomic E-state index is 11.4. The summed E-state index contributed by atoms with van der Waals surface area (Å²) in [6, 6.07) is 8.49. The second-order valence-corrected chi connectivity index (χ2v) is 6.85. The fraction of sp³-hybridized carbons (Fsp3) is 0.588. The van der Waals surface area contributed by atoms with Gasteiger partial charge in [0.05, 0.1) is 0 Å². The normalized spacial score (nSPS) is 13.9. The van der Waals surface area contributed by atoms with Crippen LogP contribution in [-0.4, -0.2) is 28.9 Å². The Morgan fingerprint density at radius 1 is 1.38 bits per heavy atom. The molecular weight excluding hydrogens is 282 g/mol. The number of aryl methyl sites for hydroxylation is 1. The number of nitrogens with one attached hydrogen (secondary N) is 1. The summed E-state index contributed by atoms with van der Waals surface area (Å²) >= 11 is 1.84. The summed E-state index contributed by atoms with van der Waals surface area (Å²) in [5, 5.41) is 12.5. The first-order valence-electron chi connectivity index (χ1n) is 7.66. The summed E-state index contributed by atoms with van der Waals surface area (Å²) in [6.45, 7) is 6.69. The van der Waals surface area contributed by atoms with Gasteiger partial charge in [0.15, 0.2) is 0 Å². The van der Waals surface area contributed by atoms with Crippen LogP contribution in [0.3, 0.4) is 0 Å². The molecule has 0 amide bonds. The first-order valence-corrected chi connectivity index (χ1v) is 8.64. The third kappa shape index (κ3) is 6.53. The predicted octanol–water partition coefficient (Wildman–Crippen LogP) is 4.10. The maximum atomic E-state index is 11.4. The zero-order chi connectivity index (χ0) is 15.7. The number of rotatable bonds is 10. The summed E-state index contributed by atoms with van der Waals surface area (Å²) in [4.78, 5) is 12.7. The molecule has 118 valence electrons. The van der Waals surface area contributed by atoms with Crippen molar-refractivity contribution < 1.29 is 9.90 Å². The smallest absolute Gasteiger partial charge is 0.323 e. The topological polar surface area (TPSA) is 49.3 Å². The van der Waals surface area contributed by atoms with Crippen molar-refractivity contribution in [3.05, 3.63) is 29.8 Å². The van der Waals surface area contributed by atoms with Gasteiger partial charge >= 0.3 is 5.97 Å². The summed E-state index contributed by atoms with van der Waals surface area (Å²) in [5.41, 5.74) is 0.492. The number of hydrogen-bond acceptors (Lipinski definition) is 3. The van der Waals surface area contributed by atoms with Crippen LogP contribution in [0.25, 0.3) is 0 Å². The van der Waals surface area contributed by atoms with E-state index in [2.05, 4.69) is 36.5 Å². The number of carboxylic acids is 1. The van der Waals surface area contributed by atoms with E-state index in [0.717, 1.165) is 31.6 Å². The molecule has 1 unspecified atom stereocenters. The van der Waals surface area contributed by atoms with Gasteiger partial charge < -0.3 is 10.4 Å². The fourth-order valence-corrected chi connectivity index (χ4v) is 3.18. The van der Waals surface area contributed by atoms with Crippen molar-refractivity contribution in [3.63, 3.8) is 0 Å². The Kier molecular flexibility index (Phi) is 7.83. The molecule has 0 aliphatic carbocycles. The largest absolute Gasteiger partial charge is 0.480 e. The van der Waals surface area contributed by atoms with Crippen LogP contribution in [0.4, 0.5) is 0 Å². The molecule has 0 radical (unpaired) electrons. The zero-order valence-electron chi connectivity index (χ0n) is 13.3. The van der Waals surface area contributed by atoms with E-state index in [0.29, 0.717) is 6.42 Å². The van der Waals surface area contributed by atoms with Crippen molar-refractivity contribution in [2.24, 2.45) is 0 Å². The molecule has 1 aromatic rings.